The number of hydrogen-bond acceptors (Lipinski definition) is 2. The molecule has 0 fully saturated rings. The first-order chi connectivity index (χ1) is 11.6. The minimum Gasteiger partial charge on any atom is -0.212 e. The molecular weight excluding hydrogens is 318 g/mol. The van der Waals surface area contributed by atoms with Crippen molar-refractivity contribution in [2.24, 2.45) is 0 Å². The largest absolute Gasteiger partial charge is 0.233 e. The van der Waals surface area contributed by atoms with E-state index in [9.17, 15) is 8.42 Å². The summed E-state index contributed by atoms with van der Waals surface area (Å²) >= 11 is 0. The van der Waals surface area contributed by atoms with E-state index in [1.165, 1.54) is 89.9 Å². The summed E-state index contributed by atoms with van der Waals surface area (Å²) in [7, 11) is -3.23. The summed E-state index contributed by atoms with van der Waals surface area (Å²) in [4.78, 5) is 0. The molecule has 3 nitrogen and oxygen atoms in total. The van der Waals surface area contributed by atoms with Gasteiger partial charge in [-0.05, 0) is 6.42 Å². The molecule has 0 saturated carbocycles. The summed E-state index contributed by atoms with van der Waals surface area (Å²) in [5.74, 6) is 0. The van der Waals surface area contributed by atoms with Gasteiger partial charge in [0.25, 0.3) is 0 Å². The minimum absolute atomic E-state index is 0.535. The van der Waals surface area contributed by atoms with E-state index in [4.69, 9.17) is 0 Å². The van der Waals surface area contributed by atoms with Crippen LogP contribution in [0.2, 0.25) is 0 Å². The van der Waals surface area contributed by atoms with Crippen LogP contribution in [0.5, 0.6) is 0 Å². The molecule has 0 aliphatic heterocycles. The molecule has 0 aromatic heterocycles. The van der Waals surface area contributed by atoms with Crippen molar-refractivity contribution < 1.29 is 8.42 Å². The van der Waals surface area contributed by atoms with E-state index in [0.29, 0.717) is 6.54 Å². The third-order valence-corrected chi connectivity index (χ3v) is 5.60. The number of hydrogen-bond donors (Lipinski definition) is 1. The van der Waals surface area contributed by atoms with Gasteiger partial charge in [0, 0.05) is 12.0 Å². The molecule has 0 heterocycles. The molecule has 0 unspecified atom stereocenters. The first kappa shape index (κ1) is 23.6. The Labute approximate surface area is 151 Å². The van der Waals surface area contributed by atoms with Crippen LogP contribution in [0.1, 0.15) is 110 Å². The predicted molar refractivity (Wildman–Crippen MR) is 107 cm³/mol. The van der Waals surface area contributed by atoms with Gasteiger partial charge < -0.3 is 0 Å². The van der Waals surface area contributed by atoms with Crippen LogP contribution in [-0.2, 0) is 10.0 Å². The maximum absolute atomic E-state index is 11.1. The third kappa shape index (κ3) is 18.0. The molecule has 0 spiro atoms. The molecule has 4 heteroatoms. The second kappa shape index (κ2) is 17.5. The predicted octanol–water partition coefficient (Wildman–Crippen LogP) is 6.31. The Morgan fingerprint density at radius 3 is 1.33 bits per heavy atom. The van der Waals surface area contributed by atoms with Crippen molar-refractivity contribution in [3.8, 4) is 0 Å². The Hall–Kier alpha value is -0.350. The highest BCUT2D eigenvalue weighted by Crippen LogP contribution is 2.13. The third-order valence-electron chi connectivity index (χ3n) is 4.55. The van der Waals surface area contributed by atoms with Crippen LogP contribution in [0, 0.1) is 0 Å². The summed E-state index contributed by atoms with van der Waals surface area (Å²) in [6, 6.07) is 0. The number of nitrogens with one attached hydrogen (secondary N) is 1. The van der Waals surface area contributed by atoms with Gasteiger partial charge in [0.05, 0.1) is 0 Å². The van der Waals surface area contributed by atoms with Crippen molar-refractivity contribution >= 4 is 10.0 Å². The van der Waals surface area contributed by atoms with E-state index < -0.39 is 10.0 Å². The van der Waals surface area contributed by atoms with Gasteiger partial charge in [0.2, 0.25) is 10.0 Å². The van der Waals surface area contributed by atoms with Gasteiger partial charge in [0.1, 0.15) is 0 Å². The van der Waals surface area contributed by atoms with Crippen LogP contribution in [0.4, 0.5) is 0 Å². The van der Waals surface area contributed by atoms with Gasteiger partial charge in [-0.2, -0.15) is 0 Å². The SMILES string of the molecule is C=CS(=O)(=O)NCCCCCCCCCCCCCCCCCC. The highest BCUT2D eigenvalue weighted by molar-refractivity contribution is 7.92. The van der Waals surface area contributed by atoms with Crippen LogP contribution in [0.25, 0.3) is 0 Å². The highest BCUT2D eigenvalue weighted by Gasteiger charge is 2.01. The van der Waals surface area contributed by atoms with Crippen molar-refractivity contribution in [2.75, 3.05) is 6.54 Å². The number of unbranched alkanes of at least 4 members (excludes halogenated alkanes) is 15. The van der Waals surface area contributed by atoms with Crippen LogP contribution in [0.15, 0.2) is 12.0 Å². The lowest BCUT2D eigenvalue weighted by Gasteiger charge is -2.04. The molecule has 0 rings (SSSR count). The first-order valence-electron chi connectivity index (χ1n) is 10.2. The molecule has 1 N–H and O–H groups in total. The second-order valence-corrected chi connectivity index (χ2v) is 8.62. The van der Waals surface area contributed by atoms with Gasteiger partial charge in [-0.1, -0.05) is 110 Å². The van der Waals surface area contributed by atoms with E-state index in [0.717, 1.165) is 18.2 Å². The first-order valence-corrected chi connectivity index (χ1v) is 11.8. The lowest BCUT2D eigenvalue weighted by Crippen LogP contribution is -2.21. The lowest BCUT2D eigenvalue weighted by atomic mass is 10.0. The maximum Gasteiger partial charge on any atom is 0.233 e. The fourth-order valence-electron chi connectivity index (χ4n) is 2.95. The quantitative estimate of drug-likeness (QED) is 0.275. The Kier molecular flexibility index (Phi) is 17.2. The average Bonchev–Trinajstić information content (AvgIpc) is 2.57. The summed E-state index contributed by atoms with van der Waals surface area (Å²) in [5, 5.41) is 0.972. The zero-order chi connectivity index (χ0) is 17.9. The average molecular weight is 360 g/mol. The summed E-state index contributed by atoms with van der Waals surface area (Å²) in [6.45, 7) is 6.08. The normalized spacial score (nSPS) is 11.7. The summed E-state index contributed by atoms with van der Waals surface area (Å²) in [6.07, 6.45) is 21.3. The van der Waals surface area contributed by atoms with Crippen molar-refractivity contribution in [1.29, 1.82) is 0 Å². The van der Waals surface area contributed by atoms with E-state index in [1.54, 1.807) is 0 Å². The van der Waals surface area contributed by atoms with Gasteiger partial charge in [-0.25, -0.2) is 13.1 Å². The van der Waals surface area contributed by atoms with Gasteiger partial charge in [-0.3, -0.25) is 0 Å². The molecule has 144 valence electrons. The van der Waals surface area contributed by atoms with Crippen LogP contribution in [-0.4, -0.2) is 15.0 Å². The molecule has 0 amide bonds. The minimum atomic E-state index is -3.23. The molecule has 0 bridgehead atoms. The van der Waals surface area contributed by atoms with Gasteiger partial charge in [0.15, 0.2) is 0 Å². The molecule has 0 aromatic rings. The molecule has 0 aliphatic rings. The second-order valence-electron chi connectivity index (χ2n) is 6.91. The molecule has 0 radical (unpaired) electrons. The van der Waals surface area contributed by atoms with E-state index >= 15 is 0 Å². The van der Waals surface area contributed by atoms with Crippen molar-refractivity contribution in [3.05, 3.63) is 12.0 Å². The zero-order valence-electron chi connectivity index (χ0n) is 16.0. The van der Waals surface area contributed by atoms with Crippen molar-refractivity contribution in [2.45, 2.75) is 110 Å². The Morgan fingerprint density at radius 1 is 0.667 bits per heavy atom. The molecule has 0 atom stereocenters. The fourth-order valence-corrected chi connectivity index (χ4v) is 3.49. The fraction of sp³-hybridized carbons (Fsp3) is 0.900. The molecule has 0 aliphatic carbocycles. The summed E-state index contributed by atoms with van der Waals surface area (Å²) in [5.41, 5.74) is 0. The molecular formula is C20H41NO2S. The Morgan fingerprint density at radius 2 is 1.00 bits per heavy atom. The van der Waals surface area contributed by atoms with Gasteiger partial charge in [-0.15, -0.1) is 0 Å². The van der Waals surface area contributed by atoms with E-state index in [2.05, 4.69) is 18.2 Å². The Balaban J connectivity index is 3.09. The van der Waals surface area contributed by atoms with Crippen molar-refractivity contribution in [3.63, 3.8) is 0 Å². The van der Waals surface area contributed by atoms with Crippen LogP contribution in [0.3, 0.4) is 0 Å². The smallest absolute Gasteiger partial charge is 0.212 e. The maximum atomic E-state index is 11.1. The zero-order valence-corrected chi connectivity index (χ0v) is 16.8. The molecule has 0 aromatic carbocycles. The lowest BCUT2D eigenvalue weighted by molar-refractivity contribution is 0.528. The molecule has 0 saturated heterocycles. The van der Waals surface area contributed by atoms with Gasteiger partial charge >= 0.3 is 0 Å². The molecule has 24 heavy (non-hydrogen) atoms. The highest BCUT2D eigenvalue weighted by atomic mass is 32.2. The van der Waals surface area contributed by atoms with E-state index in [1.807, 2.05) is 0 Å². The number of sulfonamides is 1. The topological polar surface area (TPSA) is 46.2 Å². The van der Waals surface area contributed by atoms with Crippen LogP contribution >= 0.6 is 0 Å². The summed E-state index contributed by atoms with van der Waals surface area (Å²) < 4.78 is 24.8. The van der Waals surface area contributed by atoms with Crippen molar-refractivity contribution in [1.82, 2.24) is 4.72 Å². The Bertz CT molecular complexity index is 366. The standard InChI is InChI=1S/C20H41NO2S/c1-3-5-6-7-8-9-10-11-12-13-14-15-16-17-18-19-20-21-24(22,23)4-2/h4,21H,2-3,5-20H2,1H3. The van der Waals surface area contributed by atoms with Crippen LogP contribution < -0.4 is 4.72 Å². The monoisotopic (exact) mass is 359 g/mol. The van der Waals surface area contributed by atoms with E-state index in [-0.39, 0.29) is 0 Å². The number of rotatable bonds is 19.